The molecule has 0 saturated heterocycles. The smallest absolute Gasteiger partial charge is 0.416 e. The lowest BCUT2D eigenvalue weighted by Crippen LogP contribution is -2.26. The van der Waals surface area contributed by atoms with Gasteiger partial charge in [0, 0.05) is 16.8 Å². The Morgan fingerprint density at radius 1 is 0.971 bits per heavy atom. The van der Waals surface area contributed by atoms with Crippen LogP contribution in [0.25, 0.3) is 16.9 Å². The Balaban J connectivity index is 1.76. The molecule has 6 nitrogen and oxygen atoms in total. The second-order valence-electron chi connectivity index (χ2n) is 7.28. The Morgan fingerprint density at radius 3 is 2.18 bits per heavy atom. The molecule has 1 heterocycles. The number of nitrogens with zero attached hydrogens (tertiary/aromatic N) is 2. The third-order valence-electron chi connectivity index (χ3n) is 4.89. The first-order valence-electron chi connectivity index (χ1n) is 9.87. The van der Waals surface area contributed by atoms with E-state index in [-0.39, 0.29) is 11.3 Å². The van der Waals surface area contributed by atoms with Gasteiger partial charge in [-0.25, -0.2) is 4.79 Å². The van der Waals surface area contributed by atoms with Crippen molar-refractivity contribution in [2.45, 2.75) is 12.7 Å². The molecular weight excluding hydrogens is 473 g/mol. The number of ether oxygens (including phenoxy) is 1. The van der Waals surface area contributed by atoms with Gasteiger partial charge in [0.05, 0.1) is 16.9 Å². The van der Waals surface area contributed by atoms with Gasteiger partial charge in [-0.1, -0.05) is 23.7 Å². The summed E-state index contributed by atoms with van der Waals surface area (Å²) in [6.07, 6.45) is -3.35. The fraction of sp³-hybridized carbons (Fsp3) is 0.0833. The van der Waals surface area contributed by atoms with Crippen molar-refractivity contribution in [3.8, 4) is 28.4 Å². The van der Waals surface area contributed by atoms with E-state index in [1.54, 1.807) is 48.5 Å². The van der Waals surface area contributed by atoms with Crippen LogP contribution in [-0.4, -0.2) is 20.2 Å². The van der Waals surface area contributed by atoms with Crippen LogP contribution in [0, 0.1) is 0 Å². The third-order valence-corrected chi connectivity index (χ3v) is 5.14. The number of aliphatic carboxylic acids is 1. The van der Waals surface area contributed by atoms with E-state index >= 15 is 0 Å². The lowest BCUT2D eigenvalue weighted by molar-refractivity contribution is -0.138. The lowest BCUT2D eigenvalue weighted by atomic mass is 10.1. The van der Waals surface area contributed by atoms with Crippen LogP contribution in [0.3, 0.4) is 0 Å². The fourth-order valence-corrected chi connectivity index (χ4v) is 3.49. The van der Waals surface area contributed by atoms with Crippen LogP contribution in [0.4, 0.5) is 13.2 Å². The molecule has 4 rings (SSSR count). The van der Waals surface area contributed by atoms with Crippen molar-refractivity contribution in [3.63, 3.8) is 0 Å². The summed E-state index contributed by atoms with van der Waals surface area (Å²) >= 11 is 5.86. The highest BCUT2D eigenvalue weighted by molar-refractivity contribution is 6.30. The zero-order chi connectivity index (χ0) is 24.5. The summed E-state index contributed by atoms with van der Waals surface area (Å²) < 4.78 is 47.5. The second-order valence-corrected chi connectivity index (χ2v) is 7.72. The Bertz CT molecular complexity index is 1390. The van der Waals surface area contributed by atoms with Crippen LogP contribution in [0.5, 0.6) is 11.5 Å². The number of rotatable bonds is 6. The predicted molar refractivity (Wildman–Crippen MR) is 120 cm³/mol. The maximum absolute atomic E-state index is 13.2. The topological polar surface area (TPSA) is 73.5 Å². The highest BCUT2D eigenvalue weighted by Crippen LogP contribution is 2.33. The number of carboxylic acid groups (broad SMARTS) is 1. The van der Waals surface area contributed by atoms with E-state index in [9.17, 15) is 22.8 Å². The molecule has 0 unspecified atom stereocenters. The van der Waals surface area contributed by atoms with E-state index in [1.165, 1.54) is 18.3 Å². The highest BCUT2D eigenvalue weighted by Gasteiger charge is 2.31. The summed E-state index contributed by atoms with van der Waals surface area (Å²) in [6.45, 7) is -0.643. The minimum absolute atomic E-state index is 0.109. The van der Waals surface area contributed by atoms with Crippen molar-refractivity contribution in [3.05, 3.63) is 100 Å². The number of hydrogen-bond donors (Lipinski definition) is 1. The normalized spacial score (nSPS) is 11.4. The largest absolute Gasteiger partial charge is 0.480 e. The van der Waals surface area contributed by atoms with Crippen LogP contribution in [0.15, 0.2) is 83.8 Å². The molecule has 3 aromatic carbocycles. The van der Waals surface area contributed by atoms with Gasteiger partial charge in [0.15, 0.2) is 0 Å². The van der Waals surface area contributed by atoms with Crippen molar-refractivity contribution in [1.82, 2.24) is 9.13 Å². The van der Waals surface area contributed by atoms with E-state index < -0.39 is 29.9 Å². The monoisotopic (exact) mass is 488 g/mol. The Kier molecular flexibility index (Phi) is 6.21. The van der Waals surface area contributed by atoms with Gasteiger partial charge in [-0.3, -0.25) is 13.9 Å². The number of benzene rings is 3. The fourth-order valence-electron chi connectivity index (χ4n) is 3.36. The van der Waals surface area contributed by atoms with Gasteiger partial charge in [0.2, 0.25) is 0 Å². The van der Waals surface area contributed by atoms with Crippen LogP contribution >= 0.6 is 11.6 Å². The minimum Gasteiger partial charge on any atom is -0.480 e. The van der Waals surface area contributed by atoms with E-state index in [0.717, 1.165) is 21.3 Å². The maximum Gasteiger partial charge on any atom is 0.416 e. The summed E-state index contributed by atoms with van der Waals surface area (Å²) in [4.78, 5) is 24.2. The van der Waals surface area contributed by atoms with Gasteiger partial charge in [-0.05, 0) is 60.7 Å². The predicted octanol–water partition coefficient (Wildman–Crippen LogP) is 5.86. The van der Waals surface area contributed by atoms with Crippen LogP contribution in [0.2, 0.25) is 5.02 Å². The molecule has 0 spiro atoms. The van der Waals surface area contributed by atoms with Crippen LogP contribution in [0.1, 0.15) is 5.56 Å². The first-order chi connectivity index (χ1) is 16.1. The van der Waals surface area contributed by atoms with Crippen molar-refractivity contribution >= 4 is 17.6 Å². The van der Waals surface area contributed by atoms with Crippen molar-refractivity contribution < 1.29 is 27.8 Å². The number of alkyl halides is 3. The Labute approximate surface area is 196 Å². The summed E-state index contributed by atoms with van der Waals surface area (Å²) in [5.41, 5.74) is -1.05. The molecule has 0 aliphatic carbocycles. The van der Waals surface area contributed by atoms with E-state index in [4.69, 9.17) is 21.4 Å². The molecule has 0 amide bonds. The van der Waals surface area contributed by atoms with Gasteiger partial charge >= 0.3 is 17.8 Å². The third kappa shape index (κ3) is 4.99. The van der Waals surface area contributed by atoms with Gasteiger partial charge in [-0.15, -0.1) is 0 Å². The number of hydrogen-bond acceptors (Lipinski definition) is 3. The molecule has 34 heavy (non-hydrogen) atoms. The summed E-state index contributed by atoms with van der Waals surface area (Å²) in [5.74, 6) is -0.280. The molecule has 0 atom stereocenters. The average molecular weight is 489 g/mol. The molecule has 0 saturated carbocycles. The minimum atomic E-state index is -4.58. The molecule has 1 N–H and O–H groups in total. The van der Waals surface area contributed by atoms with Gasteiger partial charge in [0.1, 0.15) is 18.0 Å². The number of imidazole rings is 1. The first-order valence-corrected chi connectivity index (χ1v) is 10.2. The molecule has 0 bridgehead atoms. The summed E-state index contributed by atoms with van der Waals surface area (Å²) in [7, 11) is 0. The quantitative estimate of drug-likeness (QED) is 0.369. The molecule has 174 valence electrons. The maximum atomic E-state index is 13.2. The zero-order valence-corrected chi connectivity index (χ0v) is 18.0. The van der Waals surface area contributed by atoms with E-state index in [0.29, 0.717) is 22.2 Å². The van der Waals surface area contributed by atoms with Crippen LogP contribution in [-0.2, 0) is 17.5 Å². The van der Waals surface area contributed by atoms with Gasteiger partial charge < -0.3 is 9.84 Å². The van der Waals surface area contributed by atoms with Crippen molar-refractivity contribution in [1.29, 1.82) is 0 Å². The van der Waals surface area contributed by atoms with Gasteiger partial charge in [-0.2, -0.15) is 13.2 Å². The van der Waals surface area contributed by atoms with E-state index in [2.05, 4.69) is 0 Å². The molecule has 1 aromatic heterocycles. The lowest BCUT2D eigenvalue weighted by Gasteiger charge is -2.11. The SMILES string of the molecule is O=C(O)Cn1cc(-c2cccc(C(F)(F)F)c2)n(-c2ccc(Oc3ccc(Cl)cc3)cc2)c1=O. The molecule has 10 heteroatoms. The average Bonchev–Trinajstić information content (AvgIpc) is 3.11. The Hall–Kier alpha value is -3.98. The number of halogens is 4. The number of carboxylic acids is 1. The first kappa shape index (κ1) is 23.2. The molecule has 0 aliphatic rings. The standard InChI is InChI=1S/C24H16ClF3N2O4/c25-17-4-8-19(9-5-17)34-20-10-6-18(7-11-20)30-21(13-29(23(30)33)14-22(31)32)15-2-1-3-16(12-15)24(26,27)28/h1-13H,14H2,(H,31,32). The van der Waals surface area contributed by atoms with Gasteiger partial charge in [0.25, 0.3) is 0 Å². The Morgan fingerprint density at radius 2 is 1.59 bits per heavy atom. The van der Waals surface area contributed by atoms with Crippen molar-refractivity contribution in [2.24, 2.45) is 0 Å². The number of aromatic nitrogens is 2. The molecule has 4 aromatic rings. The van der Waals surface area contributed by atoms with E-state index in [1.807, 2.05) is 0 Å². The van der Waals surface area contributed by atoms with Crippen LogP contribution < -0.4 is 10.4 Å². The zero-order valence-electron chi connectivity index (χ0n) is 17.3. The summed E-state index contributed by atoms with van der Waals surface area (Å²) in [5, 5.41) is 9.69. The second kappa shape index (κ2) is 9.11. The molecule has 0 aliphatic heterocycles. The van der Waals surface area contributed by atoms with Crippen molar-refractivity contribution in [2.75, 3.05) is 0 Å². The molecule has 0 fully saturated rings. The highest BCUT2D eigenvalue weighted by atomic mass is 35.5. The molecule has 0 radical (unpaired) electrons. The summed E-state index contributed by atoms with van der Waals surface area (Å²) in [6, 6.07) is 17.4. The molecular formula is C24H16ClF3N2O4. The number of carbonyl (C=O) groups is 1.